The average Bonchev–Trinajstić information content (AvgIpc) is 1.98. The molecule has 12 heavy (non-hydrogen) atoms. The molecule has 0 aromatic heterocycles. The summed E-state index contributed by atoms with van der Waals surface area (Å²) in [5.41, 5.74) is 5.58. The van der Waals surface area contributed by atoms with Gasteiger partial charge in [-0.2, -0.15) is 0 Å². The zero-order chi connectivity index (χ0) is 9.24. The Morgan fingerprint density at radius 2 is 2.08 bits per heavy atom. The van der Waals surface area contributed by atoms with Gasteiger partial charge in [0.05, 0.1) is 5.75 Å². The van der Waals surface area contributed by atoms with Crippen molar-refractivity contribution in [3.8, 4) is 0 Å². The van der Waals surface area contributed by atoms with E-state index >= 15 is 0 Å². The minimum Gasteiger partial charge on any atom is -0.324 e. The van der Waals surface area contributed by atoms with Crippen LogP contribution in [0.1, 0.15) is 26.2 Å². The highest BCUT2D eigenvalue weighted by atomic mass is 32.2. The van der Waals surface area contributed by atoms with Crippen molar-refractivity contribution in [3.05, 3.63) is 0 Å². The molecule has 0 bridgehead atoms. The molecule has 1 aliphatic rings. The number of hydrogen-bond donors (Lipinski definition) is 2. The second-order valence-corrected chi connectivity index (χ2v) is 5.54. The van der Waals surface area contributed by atoms with E-state index in [-0.39, 0.29) is 11.3 Å². The Balaban J connectivity index is 2.35. The molecule has 0 amide bonds. The molecule has 0 saturated heterocycles. The smallest absolute Gasteiger partial charge is 0.211 e. The Hall–Kier alpha value is -0.130. The van der Waals surface area contributed by atoms with Gasteiger partial charge in [0.15, 0.2) is 0 Å². The first kappa shape index (κ1) is 9.95. The zero-order valence-electron chi connectivity index (χ0n) is 7.34. The topological polar surface area (TPSA) is 72.2 Å². The monoisotopic (exact) mass is 192 g/mol. The molecule has 1 fully saturated rings. The number of nitrogens with two attached hydrogens (primary N) is 1. The predicted molar refractivity (Wildman–Crippen MR) is 48.2 cm³/mol. The second-order valence-electron chi connectivity index (χ2n) is 3.44. The summed E-state index contributed by atoms with van der Waals surface area (Å²) < 4.78 is 24.5. The summed E-state index contributed by atoms with van der Waals surface area (Å²) in [5, 5.41) is 0. The van der Waals surface area contributed by atoms with Crippen molar-refractivity contribution in [3.63, 3.8) is 0 Å². The third-order valence-electron chi connectivity index (χ3n) is 2.37. The Morgan fingerprint density at radius 3 is 2.42 bits per heavy atom. The molecule has 0 heterocycles. The second kappa shape index (κ2) is 3.32. The molecule has 0 radical (unpaired) electrons. The first-order valence-electron chi connectivity index (χ1n) is 4.24. The number of hydrogen-bond acceptors (Lipinski definition) is 3. The van der Waals surface area contributed by atoms with Crippen LogP contribution in [0.4, 0.5) is 0 Å². The summed E-state index contributed by atoms with van der Waals surface area (Å²) in [4.78, 5) is 0. The summed E-state index contributed by atoms with van der Waals surface area (Å²) in [6.07, 6.45) is 2.98. The van der Waals surface area contributed by atoms with Crippen LogP contribution < -0.4 is 10.5 Å². The standard InChI is InChI=1S/C7H16N2O2S/c1-2-12(10,11)9-6-7(8)4-3-5-7/h9H,2-6,8H2,1H3. The van der Waals surface area contributed by atoms with E-state index in [2.05, 4.69) is 4.72 Å². The molecule has 1 aliphatic carbocycles. The van der Waals surface area contributed by atoms with Gasteiger partial charge in [0.2, 0.25) is 10.0 Å². The summed E-state index contributed by atoms with van der Waals surface area (Å²) in [7, 11) is -3.06. The highest BCUT2D eigenvalue weighted by molar-refractivity contribution is 7.89. The molecular weight excluding hydrogens is 176 g/mol. The quantitative estimate of drug-likeness (QED) is 0.648. The van der Waals surface area contributed by atoms with Gasteiger partial charge in [-0.05, 0) is 26.2 Å². The minimum absolute atomic E-state index is 0.128. The van der Waals surface area contributed by atoms with E-state index in [1.54, 1.807) is 6.92 Å². The molecule has 1 rings (SSSR count). The lowest BCUT2D eigenvalue weighted by Crippen LogP contribution is -2.55. The maximum absolute atomic E-state index is 11.0. The van der Waals surface area contributed by atoms with Crippen LogP contribution in [0.5, 0.6) is 0 Å². The van der Waals surface area contributed by atoms with Crippen molar-refractivity contribution in [2.45, 2.75) is 31.7 Å². The number of nitrogens with one attached hydrogen (secondary N) is 1. The van der Waals surface area contributed by atoms with E-state index in [0.29, 0.717) is 6.54 Å². The molecular formula is C7H16N2O2S. The SMILES string of the molecule is CCS(=O)(=O)NCC1(N)CCC1. The van der Waals surface area contributed by atoms with Gasteiger partial charge in [0, 0.05) is 12.1 Å². The average molecular weight is 192 g/mol. The van der Waals surface area contributed by atoms with Crippen LogP contribution in [0, 0.1) is 0 Å². The van der Waals surface area contributed by atoms with E-state index in [0.717, 1.165) is 19.3 Å². The van der Waals surface area contributed by atoms with E-state index in [1.165, 1.54) is 0 Å². The summed E-state index contributed by atoms with van der Waals surface area (Å²) in [5.74, 6) is 0.128. The Bertz CT molecular complexity index is 244. The van der Waals surface area contributed by atoms with Gasteiger partial charge in [-0.3, -0.25) is 0 Å². The van der Waals surface area contributed by atoms with Gasteiger partial charge in [-0.25, -0.2) is 13.1 Å². The summed E-state index contributed by atoms with van der Waals surface area (Å²) in [6.45, 7) is 2.01. The Kier molecular flexibility index (Phi) is 2.75. The molecule has 4 nitrogen and oxygen atoms in total. The predicted octanol–water partition coefficient (Wildman–Crippen LogP) is -0.193. The lowest BCUT2D eigenvalue weighted by Gasteiger charge is -2.37. The normalized spacial score (nSPS) is 21.8. The first-order valence-corrected chi connectivity index (χ1v) is 5.89. The van der Waals surface area contributed by atoms with Crippen LogP contribution in [0.3, 0.4) is 0 Å². The third kappa shape index (κ3) is 2.43. The van der Waals surface area contributed by atoms with Crippen molar-refractivity contribution in [2.75, 3.05) is 12.3 Å². The molecule has 5 heteroatoms. The van der Waals surface area contributed by atoms with E-state index in [1.807, 2.05) is 0 Å². The third-order valence-corrected chi connectivity index (χ3v) is 3.72. The van der Waals surface area contributed by atoms with Crippen molar-refractivity contribution >= 4 is 10.0 Å². The van der Waals surface area contributed by atoms with Crippen molar-refractivity contribution in [1.82, 2.24) is 4.72 Å². The van der Waals surface area contributed by atoms with E-state index < -0.39 is 10.0 Å². The molecule has 0 aromatic rings. The molecule has 0 aromatic carbocycles. The van der Waals surface area contributed by atoms with Crippen LogP contribution >= 0.6 is 0 Å². The minimum atomic E-state index is -3.06. The lowest BCUT2D eigenvalue weighted by molar-refractivity contribution is 0.251. The van der Waals surface area contributed by atoms with Gasteiger partial charge in [-0.1, -0.05) is 0 Å². The molecule has 0 aliphatic heterocycles. The fourth-order valence-corrected chi connectivity index (χ4v) is 1.87. The molecule has 0 atom stereocenters. The van der Waals surface area contributed by atoms with Crippen LogP contribution in [-0.2, 0) is 10.0 Å². The van der Waals surface area contributed by atoms with Crippen molar-refractivity contribution < 1.29 is 8.42 Å². The fourth-order valence-electron chi connectivity index (χ4n) is 1.16. The lowest BCUT2D eigenvalue weighted by atomic mass is 9.78. The van der Waals surface area contributed by atoms with Gasteiger partial charge < -0.3 is 5.73 Å². The van der Waals surface area contributed by atoms with Crippen LogP contribution in [0.15, 0.2) is 0 Å². The molecule has 0 unspecified atom stereocenters. The molecule has 0 spiro atoms. The maximum atomic E-state index is 11.0. The Labute approximate surface area is 73.6 Å². The van der Waals surface area contributed by atoms with Gasteiger partial charge in [-0.15, -0.1) is 0 Å². The summed E-state index contributed by atoms with van der Waals surface area (Å²) in [6, 6.07) is 0. The van der Waals surface area contributed by atoms with Gasteiger partial charge >= 0.3 is 0 Å². The van der Waals surface area contributed by atoms with Gasteiger partial charge in [0.25, 0.3) is 0 Å². The molecule has 3 N–H and O–H groups in total. The fraction of sp³-hybridized carbons (Fsp3) is 1.00. The highest BCUT2D eigenvalue weighted by Crippen LogP contribution is 2.28. The largest absolute Gasteiger partial charge is 0.324 e. The number of sulfonamides is 1. The van der Waals surface area contributed by atoms with E-state index in [9.17, 15) is 8.42 Å². The van der Waals surface area contributed by atoms with Crippen LogP contribution in [0.2, 0.25) is 0 Å². The highest BCUT2D eigenvalue weighted by Gasteiger charge is 2.33. The van der Waals surface area contributed by atoms with Crippen molar-refractivity contribution in [1.29, 1.82) is 0 Å². The zero-order valence-corrected chi connectivity index (χ0v) is 8.15. The molecule has 72 valence electrons. The maximum Gasteiger partial charge on any atom is 0.211 e. The summed E-state index contributed by atoms with van der Waals surface area (Å²) >= 11 is 0. The van der Waals surface area contributed by atoms with Gasteiger partial charge in [0.1, 0.15) is 0 Å². The van der Waals surface area contributed by atoms with E-state index in [4.69, 9.17) is 5.73 Å². The van der Waals surface area contributed by atoms with Crippen LogP contribution in [0.25, 0.3) is 0 Å². The Morgan fingerprint density at radius 1 is 1.50 bits per heavy atom. The molecule has 1 saturated carbocycles. The van der Waals surface area contributed by atoms with Crippen LogP contribution in [-0.4, -0.2) is 26.3 Å². The number of rotatable bonds is 4. The first-order chi connectivity index (χ1) is 5.47. The van der Waals surface area contributed by atoms with Crippen molar-refractivity contribution in [2.24, 2.45) is 5.73 Å².